The molecule has 21 heavy (non-hydrogen) atoms. The molecule has 0 bridgehead atoms. The van der Waals surface area contributed by atoms with Gasteiger partial charge >= 0.3 is 0 Å². The average molecular weight is 320 g/mol. The minimum absolute atomic E-state index is 0.0715. The summed E-state index contributed by atoms with van der Waals surface area (Å²) in [4.78, 5) is 19.1. The summed E-state index contributed by atoms with van der Waals surface area (Å²) >= 11 is 2.92. The van der Waals surface area contributed by atoms with Crippen molar-refractivity contribution in [3.8, 4) is 11.8 Å². The summed E-state index contributed by atoms with van der Waals surface area (Å²) in [5.41, 5.74) is 0.964. The van der Waals surface area contributed by atoms with Gasteiger partial charge in [-0.1, -0.05) is 11.8 Å². The maximum atomic E-state index is 12.2. The van der Waals surface area contributed by atoms with E-state index in [1.807, 2.05) is 20.8 Å². The second-order valence-corrected chi connectivity index (χ2v) is 6.82. The second-order valence-electron chi connectivity index (χ2n) is 4.50. The summed E-state index contributed by atoms with van der Waals surface area (Å²) in [6, 6.07) is 3.46. The molecule has 0 aromatic carbocycles. The lowest BCUT2D eigenvalue weighted by molar-refractivity contribution is 0.0944. The highest BCUT2D eigenvalue weighted by atomic mass is 32.1. The Morgan fingerprint density at radius 1 is 1.43 bits per heavy atom. The lowest BCUT2D eigenvalue weighted by Gasteiger charge is -2.11. The van der Waals surface area contributed by atoms with Crippen LogP contribution in [0.25, 0.3) is 0 Å². The molecule has 1 unspecified atom stereocenters. The molecule has 2 aromatic rings. The number of thiophene rings is 1. The van der Waals surface area contributed by atoms with Crippen LogP contribution in [0.2, 0.25) is 0 Å². The summed E-state index contributed by atoms with van der Waals surface area (Å²) in [5.74, 6) is 5.25. The molecule has 0 saturated carbocycles. The lowest BCUT2D eigenvalue weighted by Crippen LogP contribution is -2.25. The first-order chi connectivity index (χ1) is 10.0. The first kappa shape index (κ1) is 15.7. The summed E-state index contributed by atoms with van der Waals surface area (Å²) in [7, 11) is 0. The number of nitrogens with one attached hydrogen (secondary N) is 1. The van der Waals surface area contributed by atoms with Crippen molar-refractivity contribution in [1.29, 1.82) is 0 Å². The molecule has 0 fully saturated rings. The first-order valence-electron chi connectivity index (χ1n) is 6.45. The Kier molecular flexibility index (Phi) is 5.12. The third-order valence-electron chi connectivity index (χ3n) is 2.80. The molecular weight excluding hydrogens is 304 g/mol. The number of aliphatic hydroxyl groups excluding tert-OH is 1. The van der Waals surface area contributed by atoms with Crippen molar-refractivity contribution in [2.45, 2.75) is 26.8 Å². The summed E-state index contributed by atoms with van der Waals surface area (Å²) < 4.78 is 0. The van der Waals surface area contributed by atoms with Gasteiger partial charge in [0.15, 0.2) is 0 Å². The van der Waals surface area contributed by atoms with E-state index in [9.17, 15) is 4.79 Å². The quantitative estimate of drug-likeness (QED) is 0.855. The summed E-state index contributed by atoms with van der Waals surface area (Å²) in [6.45, 7) is 5.69. The van der Waals surface area contributed by atoms with Gasteiger partial charge in [0.1, 0.15) is 6.61 Å². The molecule has 0 saturated heterocycles. The molecular formula is C15H16N2O2S2. The zero-order valence-corrected chi connectivity index (χ0v) is 13.7. The van der Waals surface area contributed by atoms with Gasteiger partial charge in [-0.2, -0.15) is 0 Å². The highest BCUT2D eigenvalue weighted by Gasteiger charge is 2.17. The summed E-state index contributed by atoms with van der Waals surface area (Å²) in [6.07, 6.45) is 0. The van der Waals surface area contributed by atoms with Gasteiger partial charge in [-0.05, 0) is 32.9 Å². The number of carbonyl (C=O) groups is 1. The van der Waals surface area contributed by atoms with Crippen LogP contribution in [-0.2, 0) is 0 Å². The number of hydrogen-bond donors (Lipinski definition) is 2. The van der Waals surface area contributed by atoms with Crippen LogP contribution in [0, 0.1) is 25.7 Å². The van der Waals surface area contributed by atoms with Gasteiger partial charge < -0.3 is 10.4 Å². The molecule has 2 N–H and O–H groups in total. The van der Waals surface area contributed by atoms with Gasteiger partial charge in [-0.3, -0.25) is 4.79 Å². The Balaban J connectivity index is 2.07. The van der Waals surface area contributed by atoms with E-state index in [0.717, 1.165) is 20.5 Å². The van der Waals surface area contributed by atoms with Crippen molar-refractivity contribution in [3.63, 3.8) is 0 Å². The molecule has 0 aliphatic rings. The Hall–Kier alpha value is -1.68. The fourth-order valence-electron chi connectivity index (χ4n) is 1.94. The number of hydrogen-bond acceptors (Lipinski definition) is 5. The third-order valence-corrected chi connectivity index (χ3v) is 5.06. The van der Waals surface area contributed by atoms with E-state index in [1.54, 1.807) is 23.5 Å². The van der Waals surface area contributed by atoms with Crippen molar-refractivity contribution >= 4 is 28.6 Å². The smallest absolute Gasteiger partial charge is 0.261 e. The van der Waals surface area contributed by atoms with Gasteiger partial charge in [-0.15, -0.1) is 22.7 Å². The Morgan fingerprint density at radius 2 is 2.19 bits per heavy atom. The SMILES string of the molecule is Cc1nc(C)c(C(C)NC(=O)c2ccc(C#CCO)s2)s1. The van der Waals surface area contributed by atoms with Crippen LogP contribution in [0.15, 0.2) is 12.1 Å². The monoisotopic (exact) mass is 320 g/mol. The number of aliphatic hydroxyl groups is 1. The molecule has 4 nitrogen and oxygen atoms in total. The first-order valence-corrected chi connectivity index (χ1v) is 8.09. The molecule has 110 valence electrons. The van der Waals surface area contributed by atoms with Crippen molar-refractivity contribution < 1.29 is 9.90 Å². The molecule has 1 amide bonds. The van der Waals surface area contributed by atoms with Crippen molar-refractivity contribution in [2.75, 3.05) is 6.61 Å². The molecule has 0 aliphatic heterocycles. The average Bonchev–Trinajstić information content (AvgIpc) is 3.03. The number of amides is 1. The molecule has 0 spiro atoms. The van der Waals surface area contributed by atoms with Crippen molar-refractivity contribution in [2.24, 2.45) is 0 Å². The Labute approximate surface area is 131 Å². The minimum atomic E-state index is -0.180. The van der Waals surface area contributed by atoms with Gasteiger partial charge in [0.05, 0.1) is 26.5 Å². The maximum Gasteiger partial charge on any atom is 0.261 e. The van der Waals surface area contributed by atoms with E-state index >= 15 is 0 Å². The van der Waals surface area contributed by atoms with Crippen LogP contribution in [0.1, 0.15) is 43.1 Å². The van der Waals surface area contributed by atoms with E-state index in [4.69, 9.17) is 5.11 Å². The molecule has 2 heterocycles. The highest BCUT2D eigenvalue weighted by molar-refractivity contribution is 7.14. The number of aromatic nitrogens is 1. The number of nitrogens with zero attached hydrogens (tertiary/aromatic N) is 1. The highest BCUT2D eigenvalue weighted by Crippen LogP contribution is 2.25. The zero-order chi connectivity index (χ0) is 15.4. The number of thiazole rings is 1. The fourth-order valence-corrected chi connectivity index (χ4v) is 3.65. The van der Waals surface area contributed by atoms with E-state index < -0.39 is 0 Å². The molecule has 0 aliphatic carbocycles. The fraction of sp³-hybridized carbons (Fsp3) is 0.333. The predicted molar refractivity (Wildman–Crippen MR) is 85.8 cm³/mol. The molecule has 2 aromatic heterocycles. The second kappa shape index (κ2) is 6.85. The zero-order valence-electron chi connectivity index (χ0n) is 12.1. The number of rotatable bonds is 3. The molecule has 0 radical (unpaired) electrons. The van der Waals surface area contributed by atoms with Crippen LogP contribution >= 0.6 is 22.7 Å². The van der Waals surface area contributed by atoms with Gasteiger partial charge in [0, 0.05) is 4.88 Å². The normalized spacial score (nSPS) is 11.6. The molecule has 6 heteroatoms. The number of carbonyl (C=O) groups excluding carboxylic acids is 1. The van der Waals surface area contributed by atoms with Gasteiger partial charge in [0.2, 0.25) is 0 Å². The third kappa shape index (κ3) is 3.91. The van der Waals surface area contributed by atoms with E-state index in [1.165, 1.54) is 11.3 Å². The predicted octanol–water partition coefficient (Wildman–Crippen LogP) is 2.66. The van der Waals surface area contributed by atoms with Gasteiger partial charge in [0.25, 0.3) is 5.91 Å². The lowest BCUT2D eigenvalue weighted by atomic mass is 10.2. The van der Waals surface area contributed by atoms with Crippen LogP contribution in [0.4, 0.5) is 0 Å². The van der Waals surface area contributed by atoms with Crippen molar-refractivity contribution in [1.82, 2.24) is 10.3 Å². The van der Waals surface area contributed by atoms with Crippen LogP contribution < -0.4 is 5.32 Å². The Morgan fingerprint density at radius 3 is 2.81 bits per heavy atom. The standard InChI is InChI=1S/C15H16N2O2S2/c1-9-14(20-11(3)16-9)10(2)17-15(19)13-7-6-12(21-13)5-4-8-18/h6-7,10,18H,8H2,1-3H3,(H,17,19). The van der Waals surface area contributed by atoms with E-state index in [0.29, 0.717) is 4.88 Å². The maximum absolute atomic E-state index is 12.2. The van der Waals surface area contributed by atoms with E-state index in [2.05, 4.69) is 22.1 Å². The minimum Gasteiger partial charge on any atom is -0.384 e. The molecule has 1 atom stereocenters. The van der Waals surface area contributed by atoms with Crippen LogP contribution in [-0.4, -0.2) is 22.6 Å². The van der Waals surface area contributed by atoms with Gasteiger partial charge in [-0.25, -0.2) is 4.98 Å². The van der Waals surface area contributed by atoms with Crippen molar-refractivity contribution in [3.05, 3.63) is 37.5 Å². The van der Waals surface area contributed by atoms with Crippen LogP contribution in [0.3, 0.4) is 0 Å². The number of aryl methyl sites for hydroxylation is 2. The topological polar surface area (TPSA) is 62.2 Å². The Bertz CT molecular complexity index is 707. The van der Waals surface area contributed by atoms with Crippen LogP contribution in [0.5, 0.6) is 0 Å². The summed E-state index contributed by atoms with van der Waals surface area (Å²) in [5, 5.41) is 12.6. The van der Waals surface area contributed by atoms with E-state index in [-0.39, 0.29) is 18.6 Å². The largest absolute Gasteiger partial charge is 0.384 e. The molecule has 2 rings (SSSR count).